The lowest BCUT2D eigenvalue weighted by Crippen LogP contribution is -2.39. The number of hydrogen-bond donors (Lipinski definition) is 8. The van der Waals surface area contributed by atoms with Crippen LogP contribution in [0.1, 0.15) is 403 Å². The minimum atomic E-state index is -0.680. The zero-order chi connectivity index (χ0) is 103. The van der Waals surface area contributed by atoms with Crippen molar-refractivity contribution in [3.05, 3.63) is 213 Å². The van der Waals surface area contributed by atoms with Gasteiger partial charge in [0.15, 0.2) is 0 Å². The first-order valence-corrected chi connectivity index (χ1v) is 57.2. The Morgan fingerprint density at radius 2 is 0.872 bits per heavy atom. The van der Waals surface area contributed by atoms with Gasteiger partial charge >= 0.3 is 5.97 Å². The van der Waals surface area contributed by atoms with Gasteiger partial charge in [-0.15, -0.1) is 0 Å². The van der Waals surface area contributed by atoms with Crippen molar-refractivity contribution >= 4 is 5.97 Å². The van der Waals surface area contributed by atoms with Crippen molar-refractivity contribution < 1.29 is 55.1 Å². The zero-order valence-electron chi connectivity index (χ0n) is 93.0. The maximum absolute atomic E-state index is 13.0. The highest BCUT2D eigenvalue weighted by Gasteiger charge is 2.56. The lowest BCUT2D eigenvalue weighted by molar-refractivity contribution is -0.142. The van der Waals surface area contributed by atoms with Crippen molar-refractivity contribution in [2.75, 3.05) is 6.61 Å². The normalized spacial score (nSPS) is 37.0. The third kappa shape index (κ3) is 29.8. The van der Waals surface area contributed by atoms with Crippen LogP contribution in [0.5, 0.6) is 0 Å². The molecule has 0 aromatic carbocycles. The first kappa shape index (κ1) is 116. The summed E-state index contributed by atoms with van der Waals surface area (Å²) in [5.74, 6) is 10.5. The summed E-state index contributed by atoms with van der Waals surface area (Å²) in [6, 6.07) is 0. The van der Waals surface area contributed by atoms with Crippen LogP contribution in [0.25, 0.3) is 0 Å². The smallest absolute Gasteiger partial charge is 0.331 e. The molecule has 14 aliphatic rings. The van der Waals surface area contributed by atoms with E-state index in [9.17, 15) is 45.6 Å². The third-order valence-corrected chi connectivity index (χ3v) is 39.6. The van der Waals surface area contributed by atoms with Gasteiger partial charge in [-0.25, -0.2) is 4.79 Å². The fourth-order valence-electron chi connectivity index (χ4n) is 29.9. The number of aliphatic hydroxyl groups is 8. The van der Waals surface area contributed by atoms with Crippen molar-refractivity contribution in [1.82, 2.24) is 0 Å². The minimum Gasteiger partial charge on any atom is -0.454 e. The van der Waals surface area contributed by atoms with E-state index in [1.165, 1.54) is 203 Å². The Labute approximate surface area is 859 Å². The quantitative estimate of drug-likeness (QED) is 0.0154. The average Bonchev–Trinajstić information content (AvgIpc) is 1.66. The van der Waals surface area contributed by atoms with Crippen molar-refractivity contribution in [3.63, 3.8) is 0 Å². The van der Waals surface area contributed by atoms with E-state index in [1.54, 1.807) is 16.7 Å². The molecule has 0 aliphatic heterocycles. The summed E-state index contributed by atoms with van der Waals surface area (Å²) in [5, 5.41) is 81.3. The van der Waals surface area contributed by atoms with Crippen LogP contribution in [-0.2, 0) is 14.3 Å². The fraction of sp³-hybridized carbons (Fsp3) is 0.715. The monoisotopic (exact) mass is 1940 g/mol. The summed E-state index contributed by atoms with van der Waals surface area (Å²) in [6.07, 6.45) is 74.1. The average molecular weight is 1940 g/mol. The van der Waals surface area contributed by atoms with E-state index in [1.807, 2.05) is 32.9 Å². The van der Waals surface area contributed by atoms with E-state index in [-0.39, 0.29) is 16.9 Å². The standard InChI is InChI=1S/C47H70O3.C29H44O2.C28H46O2.C26H42O4/c1-32(2)15-11-18-36(6)42-25-26-43-38(20-14-28-47(42,43)10)22-23-39-30-40(48)31-44(37(39)7)50-45(49)29-34(4)17-12-16-33(3)21-24-41-35(5)19-13-27-46(41,8)9;1-19(2)29(15-16-29)14-12-20(3)25-10-11-26-22(7-6-13-28(25,26)5)8-9-23-17-24(30)18-27(31)21(23)4;1-18(2)19(3)9-10-20(4)25-13-14-26-22(8-7-15-28(25,26)6)11-12-23-16-24(29)17-27(30)21(23)5;1-17-20(15-21(27)16-24(17)28)9-8-19-7-6-12-26(5)22(10-11-23(19)26)18(2)30-14-13-25(3,4)29/h12,16-17,21-24,29,32,36,40,42-44,48H,7,11,13-15,18-20,25-28,30-31H2,1-6,8-10H3;8-9,12,14,19-20,24-27,30-31H,4,6-7,10-11,13,15-18H2,1-3,5H3;11-12,18-20,24-27,29-30H,5,7-10,13-17H2,1-4,6H3;8-9,18,21-24,27-29H,1,6-7,10-16H2,2-5H3/b17-12+,24-21+,33-16+,34-29+,38-22+,39-23-;14-12+,22-8+,23-9-;22-11+,23-12-;19-8+,20-9-/t36-,40-,42-,43?,44+,47?;20-,24-,25-,26?,27+,28?;19?,20-,24-,25-,26?,27+,28?;18-,21+,22+,23?,24-,26?/m1110/s1. The van der Waals surface area contributed by atoms with Crippen LogP contribution in [0.2, 0.25) is 0 Å². The van der Waals surface area contributed by atoms with Gasteiger partial charge in [-0.3, -0.25) is 0 Å². The molecule has 0 aromatic rings. The van der Waals surface area contributed by atoms with Crippen LogP contribution in [0, 0.1) is 121 Å². The lowest BCUT2D eigenvalue weighted by Gasteiger charge is -2.44. The third-order valence-electron chi connectivity index (χ3n) is 39.6. The first-order valence-electron chi connectivity index (χ1n) is 57.2. The summed E-state index contributed by atoms with van der Waals surface area (Å²) in [4.78, 5) is 13.0. The minimum absolute atomic E-state index is 0.198. The molecule has 13 fully saturated rings. The predicted molar refractivity (Wildman–Crippen MR) is 590 cm³/mol. The Kier molecular flexibility index (Phi) is 41.5. The molecule has 0 radical (unpaired) electrons. The number of fused-ring (bicyclic) bond motifs is 4. The van der Waals surface area contributed by atoms with E-state index in [0.29, 0.717) is 122 Å². The molecular weight excluding hydrogens is 1740 g/mol. The Hall–Kier alpha value is -5.57. The van der Waals surface area contributed by atoms with E-state index < -0.39 is 60.4 Å². The number of carbonyl (C=O) groups excluding carboxylic acids is 1. The van der Waals surface area contributed by atoms with Gasteiger partial charge in [0.2, 0.25) is 0 Å². The number of esters is 1. The molecule has 25 atom stereocenters. The highest BCUT2D eigenvalue weighted by Crippen LogP contribution is 2.65. The first-order chi connectivity index (χ1) is 66.4. The fourth-order valence-corrected chi connectivity index (χ4v) is 29.9. The highest BCUT2D eigenvalue weighted by atomic mass is 16.5. The molecule has 0 bridgehead atoms. The predicted octanol–water partition coefficient (Wildman–Crippen LogP) is 31.0. The molecule has 0 spiro atoms. The van der Waals surface area contributed by atoms with Gasteiger partial charge in [0.1, 0.15) is 6.10 Å². The SMILES string of the molecule is C=C1/C(=C\C=C2/CCCC3(C)C2CC[C@@H]3[C@H](C)/C=C/C2(C(C)C)CC2)C[C@@H](O)C[C@@H]1O.C=C1/C(=C\C=C2/CCCC3(C)C2CC[C@@H]3[C@H](C)CCC(C)C(C)C)C[C@@H](O)C[C@@H]1O.C=C1/C(=C\C=C2/CCCC3(C)C2CC[C@@H]3[C@H](C)CCCC(C)C)C[C@@H](O)C[C@@H]1OC(=O)/C=C(C)/C=C/C=C(C)/C=C/C1=C(C)CCCC1(C)C.C=C1/C(=C\C=C2/CCCC3(C)C2CC[C@@H]3[C@H](C)OCCC(C)(C)O)C[C@@H](O)C[C@@H]1O. The second-order valence-electron chi connectivity index (χ2n) is 51.8. The van der Waals surface area contributed by atoms with E-state index in [0.717, 1.165) is 122 Å². The van der Waals surface area contributed by atoms with Crippen LogP contribution in [-0.4, -0.2) is 114 Å². The number of hydrogen-bond acceptors (Lipinski definition) is 11. The largest absolute Gasteiger partial charge is 0.454 e. The van der Waals surface area contributed by atoms with Crippen LogP contribution in [0.4, 0.5) is 0 Å². The molecule has 11 nitrogen and oxygen atoms in total. The Bertz CT molecular complexity index is 4710. The zero-order valence-corrected chi connectivity index (χ0v) is 93.0. The highest BCUT2D eigenvalue weighted by molar-refractivity contribution is 5.83. The molecule has 0 saturated heterocycles. The maximum Gasteiger partial charge on any atom is 0.331 e. The molecule has 141 heavy (non-hydrogen) atoms. The number of allylic oxidation sites excluding steroid dienone is 23. The molecule has 788 valence electrons. The molecule has 14 rings (SSSR count). The maximum atomic E-state index is 13.0. The van der Waals surface area contributed by atoms with Crippen LogP contribution in [0.15, 0.2) is 213 Å². The summed E-state index contributed by atoms with van der Waals surface area (Å²) in [7, 11) is 0. The Morgan fingerprint density at radius 1 is 0.468 bits per heavy atom. The summed E-state index contributed by atoms with van der Waals surface area (Å²) >= 11 is 0. The van der Waals surface area contributed by atoms with Crippen molar-refractivity contribution in [3.8, 4) is 0 Å². The van der Waals surface area contributed by atoms with Gasteiger partial charge < -0.3 is 50.3 Å². The van der Waals surface area contributed by atoms with Gasteiger partial charge in [-0.1, -0.05) is 294 Å². The van der Waals surface area contributed by atoms with Crippen molar-refractivity contribution in [1.29, 1.82) is 0 Å². The molecule has 11 heteroatoms. The van der Waals surface area contributed by atoms with Crippen LogP contribution < -0.4 is 0 Å². The molecule has 13 saturated carbocycles. The molecule has 0 heterocycles. The van der Waals surface area contributed by atoms with Crippen molar-refractivity contribution in [2.24, 2.45) is 121 Å². The van der Waals surface area contributed by atoms with Crippen molar-refractivity contribution in [2.45, 2.75) is 463 Å². The second-order valence-corrected chi connectivity index (χ2v) is 51.8. The van der Waals surface area contributed by atoms with Gasteiger partial charge in [0.25, 0.3) is 0 Å². The second kappa shape index (κ2) is 50.6. The molecule has 0 amide bonds. The van der Waals surface area contributed by atoms with E-state index >= 15 is 0 Å². The Morgan fingerprint density at radius 3 is 1.29 bits per heavy atom. The van der Waals surface area contributed by atoms with Gasteiger partial charge in [-0.05, 0) is 411 Å². The lowest BCUT2D eigenvalue weighted by atomic mass is 9.60. The number of aliphatic hydroxyl groups excluding tert-OH is 7. The van der Waals surface area contributed by atoms with Gasteiger partial charge in [0.05, 0.1) is 54.4 Å². The van der Waals surface area contributed by atoms with Crippen LogP contribution in [0.3, 0.4) is 0 Å². The summed E-state index contributed by atoms with van der Waals surface area (Å²) in [6.45, 7) is 68.2. The molecule has 14 aliphatic carbocycles. The van der Waals surface area contributed by atoms with E-state index in [2.05, 4.69) is 237 Å². The number of rotatable bonds is 29. The molecule has 0 aromatic heterocycles. The summed E-state index contributed by atoms with van der Waals surface area (Å²) in [5.41, 5.74) is 19.9. The number of carbonyl (C=O) groups is 1. The van der Waals surface area contributed by atoms with Crippen LogP contribution >= 0.6 is 0 Å². The van der Waals surface area contributed by atoms with E-state index in [4.69, 9.17) is 9.47 Å². The summed E-state index contributed by atoms with van der Waals surface area (Å²) < 4.78 is 12.1. The van der Waals surface area contributed by atoms with Gasteiger partial charge in [0, 0.05) is 38.4 Å². The Balaban J connectivity index is 0.000000185. The topological polar surface area (TPSA) is 197 Å². The molecule has 9 unspecified atom stereocenters. The molecule has 8 N–H and O–H groups in total. The molecular formula is C130H202O11. The van der Waals surface area contributed by atoms with Gasteiger partial charge in [-0.2, -0.15) is 0 Å². The number of ether oxygens (including phenoxy) is 2.